The van der Waals surface area contributed by atoms with E-state index in [9.17, 15) is 8.42 Å². The molecule has 0 unspecified atom stereocenters. The van der Waals surface area contributed by atoms with Crippen LogP contribution in [0, 0.1) is 5.92 Å². The summed E-state index contributed by atoms with van der Waals surface area (Å²) in [4.78, 5) is 13.4. The van der Waals surface area contributed by atoms with Gasteiger partial charge >= 0.3 is 0 Å². The van der Waals surface area contributed by atoms with E-state index in [2.05, 4.69) is 36.2 Å². The van der Waals surface area contributed by atoms with Crippen molar-refractivity contribution in [1.82, 2.24) is 19.4 Å². The highest BCUT2D eigenvalue weighted by atomic mass is 79.9. The van der Waals surface area contributed by atoms with E-state index < -0.39 is 9.84 Å². The molecule has 1 N–H and O–H groups in total. The Bertz CT molecular complexity index is 1140. The van der Waals surface area contributed by atoms with Gasteiger partial charge in [-0.1, -0.05) is 11.6 Å². The largest absolute Gasteiger partial charge is 0.351 e. The quantitative estimate of drug-likeness (QED) is 0.566. The highest BCUT2D eigenvalue weighted by Gasteiger charge is 2.24. The van der Waals surface area contributed by atoms with Crippen molar-refractivity contribution in [3.63, 3.8) is 0 Å². The Kier molecular flexibility index (Phi) is 5.81. The van der Waals surface area contributed by atoms with Crippen molar-refractivity contribution in [2.45, 2.75) is 31.7 Å². The summed E-state index contributed by atoms with van der Waals surface area (Å²) >= 11 is 9.87. The molecule has 1 aliphatic carbocycles. The molecule has 0 amide bonds. The monoisotopic (exact) mass is 497 g/mol. The summed E-state index contributed by atoms with van der Waals surface area (Å²) in [6.45, 7) is 0. The number of hydrogen-bond donors (Lipinski definition) is 1. The van der Waals surface area contributed by atoms with Gasteiger partial charge in [0.05, 0.1) is 28.9 Å². The number of aromatic nitrogens is 4. The molecule has 0 radical (unpaired) electrons. The van der Waals surface area contributed by atoms with E-state index in [1.54, 1.807) is 12.4 Å². The standard InChI is InChI=1S/C19H21BrClN5O2S/c1-29(27,28)11-12-2-5-14(6-3-12)24-19-23-8-15(21)18(25-19)16-9-22-17-7-4-13(20)10-26(16)17/h4,7-10,12,14H,2-3,5-6,11H2,1H3,(H,23,24,25). The van der Waals surface area contributed by atoms with Crippen molar-refractivity contribution in [2.24, 2.45) is 5.92 Å². The fraction of sp³-hybridized carbons (Fsp3) is 0.421. The molecule has 0 bridgehead atoms. The predicted molar refractivity (Wildman–Crippen MR) is 118 cm³/mol. The number of pyridine rings is 1. The van der Waals surface area contributed by atoms with Gasteiger partial charge in [0.25, 0.3) is 0 Å². The van der Waals surface area contributed by atoms with E-state index in [-0.39, 0.29) is 17.7 Å². The first-order chi connectivity index (χ1) is 13.8. The summed E-state index contributed by atoms with van der Waals surface area (Å²) in [5.74, 6) is 1.02. The molecule has 154 valence electrons. The predicted octanol–water partition coefficient (Wildman–Crippen LogP) is 4.22. The van der Waals surface area contributed by atoms with E-state index in [4.69, 9.17) is 11.6 Å². The summed E-state index contributed by atoms with van der Waals surface area (Å²) < 4.78 is 25.9. The van der Waals surface area contributed by atoms with Gasteiger partial charge in [-0.2, -0.15) is 0 Å². The maximum Gasteiger partial charge on any atom is 0.223 e. The number of sulfone groups is 1. The molecule has 3 heterocycles. The maximum absolute atomic E-state index is 11.5. The number of rotatable bonds is 5. The third-order valence-electron chi connectivity index (χ3n) is 5.17. The summed E-state index contributed by atoms with van der Waals surface area (Å²) in [6.07, 6.45) is 10.1. The minimum absolute atomic E-state index is 0.219. The van der Waals surface area contributed by atoms with Gasteiger partial charge < -0.3 is 5.32 Å². The Balaban J connectivity index is 1.51. The Labute approximate surface area is 183 Å². The van der Waals surface area contributed by atoms with Crippen molar-refractivity contribution in [3.05, 3.63) is 40.2 Å². The maximum atomic E-state index is 11.5. The molecule has 0 aromatic carbocycles. The van der Waals surface area contributed by atoms with E-state index in [1.807, 2.05) is 22.7 Å². The van der Waals surface area contributed by atoms with Gasteiger partial charge in [-0.15, -0.1) is 0 Å². The zero-order valence-corrected chi connectivity index (χ0v) is 19.0. The SMILES string of the molecule is CS(=O)(=O)CC1CCC(Nc2ncc(Cl)c(-c3cnc4ccc(Br)cn34)n2)CC1. The fourth-order valence-electron chi connectivity index (χ4n) is 3.83. The van der Waals surface area contributed by atoms with Gasteiger partial charge in [0.15, 0.2) is 0 Å². The number of nitrogens with one attached hydrogen (secondary N) is 1. The van der Waals surface area contributed by atoms with Gasteiger partial charge in [0.2, 0.25) is 5.95 Å². The third-order valence-corrected chi connectivity index (χ3v) is 7.00. The Morgan fingerprint density at radius 1 is 1.21 bits per heavy atom. The van der Waals surface area contributed by atoms with Crippen molar-refractivity contribution in [3.8, 4) is 11.4 Å². The van der Waals surface area contributed by atoms with Crippen LogP contribution >= 0.6 is 27.5 Å². The van der Waals surface area contributed by atoms with Gasteiger partial charge in [-0.25, -0.2) is 23.4 Å². The molecular formula is C19H21BrClN5O2S. The fourth-order valence-corrected chi connectivity index (χ4v) is 5.54. The van der Waals surface area contributed by atoms with Crippen LogP contribution < -0.4 is 5.32 Å². The van der Waals surface area contributed by atoms with Gasteiger partial charge in [-0.05, 0) is 59.7 Å². The molecule has 29 heavy (non-hydrogen) atoms. The second kappa shape index (κ2) is 8.20. The topological polar surface area (TPSA) is 89.2 Å². The molecular weight excluding hydrogens is 478 g/mol. The summed E-state index contributed by atoms with van der Waals surface area (Å²) in [5.41, 5.74) is 2.20. The molecule has 4 rings (SSSR count). The average Bonchev–Trinajstić information content (AvgIpc) is 3.06. The molecule has 3 aromatic rings. The number of imidazole rings is 1. The lowest BCUT2D eigenvalue weighted by atomic mass is 9.87. The Hall–Kier alpha value is -1.71. The van der Waals surface area contributed by atoms with Crippen LogP contribution in [-0.2, 0) is 9.84 Å². The first kappa shape index (κ1) is 20.6. The Morgan fingerprint density at radius 3 is 2.69 bits per heavy atom. The normalized spacial score (nSPS) is 20.1. The smallest absolute Gasteiger partial charge is 0.223 e. The first-order valence-electron chi connectivity index (χ1n) is 9.38. The van der Waals surface area contributed by atoms with Gasteiger partial charge in [-0.3, -0.25) is 4.40 Å². The molecule has 7 nitrogen and oxygen atoms in total. The molecule has 1 fully saturated rings. The number of hydrogen-bond acceptors (Lipinski definition) is 6. The summed E-state index contributed by atoms with van der Waals surface area (Å²) in [6, 6.07) is 4.06. The van der Waals surface area contributed by atoms with Crippen molar-refractivity contribution in [2.75, 3.05) is 17.3 Å². The van der Waals surface area contributed by atoms with E-state index in [0.717, 1.165) is 41.5 Å². The van der Waals surface area contributed by atoms with E-state index in [0.29, 0.717) is 16.7 Å². The highest BCUT2D eigenvalue weighted by Crippen LogP contribution is 2.30. The van der Waals surface area contributed by atoms with E-state index in [1.165, 1.54) is 6.26 Å². The van der Waals surface area contributed by atoms with Crippen molar-refractivity contribution < 1.29 is 8.42 Å². The van der Waals surface area contributed by atoms with Crippen LogP contribution in [0.4, 0.5) is 5.95 Å². The second-order valence-corrected chi connectivity index (χ2v) is 11.1. The molecule has 1 saturated carbocycles. The van der Waals surface area contributed by atoms with Crippen LogP contribution in [0.5, 0.6) is 0 Å². The number of halogens is 2. The van der Waals surface area contributed by atoms with E-state index >= 15 is 0 Å². The van der Waals surface area contributed by atoms with Crippen LogP contribution in [0.25, 0.3) is 17.0 Å². The zero-order chi connectivity index (χ0) is 20.6. The molecule has 1 aliphatic rings. The van der Waals surface area contributed by atoms with Crippen molar-refractivity contribution >= 4 is 49.0 Å². The number of fused-ring (bicyclic) bond motifs is 1. The number of nitrogens with zero attached hydrogens (tertiary/aromatic N) is 4. The molecule has 0 saturated heterocycles. The van der Waals surface area contributed by atoms with Crippen LogP contribution in [-0.4, -0.2) is 45.8 Å². The molecule has 10 heteroatoms. The zero-order valence-electron chi connectivity index (χ0n) is 15.8. The average molecular weight is 499 g/mol. The van der Waals surface area contributed by atoms with Crippen LogP contribution in [0.2, 0.25) is 5.02 Å². The third kappa shape index (κ3) is 4.90. The van der Waals surface area contributed by atoms with Gasteiger partial charge in [0, 0.05) is 23.0 Å². The molecule has 0 aliphatic heterocycles. The minimum atomic E-state index is -2.93. The first-order valence-corrected chi connectivity index (χ1v) is 12.6. The highest BCUT2D eigenvalue weighted by molar-refractivity contribution is 9.10. The number of anilines is 1. The molecule has 0 atom stereocenters. The lowest BCUT2D eigenvalue weighted by molar-refractivity contribution is 0.361. The minimum Gasteiger partial charge on any atom is -0.351 e. The summed E-state index contributed by atoms with van der Waals surface area (Å²) in [7, 11) is -2.93. The van der Waals surface area contributed by atoms with Crippen LogP contribution in [0.3, 0.4) is 0 Å². The van der Waals surface area contributed by atoms with Gasteiger partial charge in [0.1, 0.15) is 21.2 Å². The molecule has 0 spiro atoms. The van der Waals surface area contributed by atoms with Crippen LogP contribution in [0.1, 0.15) is 25.7 Å². The second-order valence-electron chi connectivity index (χ2n) is 7.56. The van der Waals surface area contributed by atoms with Crippen molar-refractivity contribution in [1.29, 1.82) is 0 Å². The lowest BCUT2D eigenvalue weighted by Gasteiger charge is -2.28. The summed E-state index contributed by atoms with van der Waals surface area (Å²) in [5, 5.41) is 3.84. The molecule has 3 aromatic heterocycles. The van der Waals surface area contributed by atoms with Crippen LogP contribution in [0.15, 0.2) is 35.2 Å². The lowest BCUT2D eigenvalue weighted by Crippen LogP contribution is -2.29. The Morgan fingerprint density at radius 2 is 1.97 bits per heavy atom.